The van der Waals surface area contributed by atoms with Crippen molar-refractivity contribution >= 4 is 5.91 Å². The van der Waals surface area contributed by atoms with Crippen LogP contribution >= 0.6 is 0 Å². The van der Waals surface area contributed by atoms with E-state index in [4.69, 9.17) is 0 Å². The van der Waals surface area contributed by atoms with E-state index in [9.17, 15) is 4.79 Å². The number of rotatable bonds is 6. The number of likely N-dealkylation sites (tertiary alicyclic amines) is 1. The number of amides is 1. The molecule has 18 heavy (non-hydrogen) atoms. The van der Waals surface area contributed by atoms with Gasteiger partial charge < -0.3 is 10.2 Å². The molecule has 0 radical (unpaired) electrons. The van der Waals surface area contributed by atoms with E-state index in [0.717, 1.165) is 25.7 Å². The molecule has 0 aromatic carbocycles. The van der Waals surface area contributed by atoms with Crippen LogP contribution in [0.2, 0.25) is 0 Å². The second kappa shape index (κ2) is 6.53. The zero-order chi connectivity index (χ0) is 13.0. The molecule has 1 heterocycles. The van der Waals surface area contributed by atoms with Crippen molar-refractivity contribution < 1.29 is 4.79 Å². The SMILES string of the molecule is CN(C)C(=O)CCN1CCCCC1CNC1CC1. The van der Waals surface area contributed by atoms with E-state index < -0.39 is 0 Å². The van der Waals surface area contributed by atoms with E-state index in [1.165, 1.54) is 32.1 Å². The molecule has 1 N–H and O–H groups in total. The van der Waals surface area contributed by atoms with Gasteiger partial charge in [-0.25, -0.2) is 0 Å². The Labute approximate surface area is 111 Å². The maximum absolute atomic E-state index is 11.7. The van der Waals surface area contributed by atoms with Gasteiger partial charge in [0.2, 0.25) is 5.91 Å². The molecule has 0 bridgehead atoms. The lowest BCUT2D eigenvalue weighted by Gasteiger charge is -2.36. The van der Waals surface area contributed by atoms with Crippen molar-refractivity contribution in [3.8, 4) is 0 Å². The minimum atomic E-state index is 0.245. The molecule has 1 aliphatic carbocycles. The van der Waals surface area contributed by atoms with E-state index in [2.05, 4.69) is 10.2 Å². The van der Waals surface area contributed by atoms with Crippen LogP contribution in [0, 0.1) is 0 Å². The van der Waals surface area contributed by atoms with Crippen molar-refractivity contribution in [1.29, 1.82) is 0 Å². The molecule has 0 aromatic rings. The molecule has 0 spiro atoms. The first-order valence-electron chi connectivity index (χ1n) is 7.34. The second-order valence-electron chi connectivity index (χ2n) is 5.91. The fourth-order valence-electron chi connectivity index (χ4n) is 2.64. The Bertz CT molecular complexity index is 276. The summed E-state index contributed by atoms with van der Waals surface area (Å²) in [6.45, 7) is 3.20. The summed E-state index contributed by atoms with van der Waals surface area (Å²) >= 11 is 0. The zero-order valence-corrected chi connectivity index (χ0v) is 11.8. The van der Waals surface area contributed by atoms with Gasteiger partial charge in [0.05, 0.1) is 0 Å². The topological polar surface area (TPSA) is 35.6 Å². The lowest BCUT2D eigenvalue weighted by molar-refractivity contribution is -0.129. The van der Waals surface area contributed by atoms with Gasteiger partial charge >= 0.3 is 0 Å². The molecule has 1 aliphatic heterocycles. The van der Waals surface area contributed by atoms with Crippen molar-refractivity contribution in [2.24, 2.45) is 0 Å². The van der Waals surface area contributed by atoms with Crippen LogP contribution in [-0.2, 0) is 4.79 Å². The smallest absolute Gasteiger partial charge is 0.223 e. The van der Waals surface area contributed by atoms with Gasteiger partial charge in [-0.1, -0.05) is 6.42 Å². The fraction of sp³-hybridized carbons (Fsp3) is 0.929. The van der Waals surface area contributed by atoms with Crippen molar-refractivity contribution in [2.75, 3.05) is 33.7 Å². The largest absolute Gasteiger partial charge is 0.349 e. The van der Waals surface area contributed by atoms with Gasteiger partial charge in [-0.2, -0.15) is 0 Å². The molecule has 1 saturated heterocycles. The first-order chi connectivity index (χ1) is 8.66. The van der Waals surface area contributed by atoms with Crippen molar-refractivity contribution in [3.63, 3.8) is 0 Å². The molecule has 4 nitrogen and oxygen atoms in total. The molecule has 1 unspecified atom stereocenters. The highest BCUT2D eigenvalue weighted by molar-refractivity contribution is 5.75. The molecule has 4 heteroatoms. The van der Waals surface area contributed by atoms with Crippen molar-refractivity contribution in [2.45, 2.75) is 50.6 Å². The summed E-state index contributed by atoms with van der Waals surface area (Å²) in [7, 11) is 3.68. The highest BCUT2D eigenvalue weighted by Crippen LogP contribution is 2.21. The van der Waals surface area contributed by atoms with E-state index in [0.29, 0.717) is 12.5 Å². The first kappa shape index (κ1) is 13.8. The third kappa shape index (κ3) is 4.25. The number of nitrogens with one attached hydrogen (secondary N) is 1. The molecular formula is C14H27N3O. The minimum absolute atomic E-state index is 0.245. The Balaban J connectivity index is 1.73. The third-order valence-electron chi connectivity index (χ3n) is 4.08. The number of piperidine rings is 1. The average molecular weight is 253 g/mol. The van der Waals surface area contributed by atoms with Gasteiger partial charge in [0.15, 0.2) is 0 Å². The summed E-state index contributed by atoms with van der Waals surface area (Å²) in [6.07, 6.45) is 7.28. The quantitative estimate of drug-likeness (QED) is 0.769. The van der Waals surface area contributed by atoms with Gasteiger partial charge in [-0.05, 0) is 32.2 Å². The van der Waals surface area contributed by atoms with Crippen LogP contribution < -0.4 is 5.32 Å². The zero-order valence-electron chi connectivity index (χ0n) is 11.8. The predicted molar refractivity (Wildman–Crippen MR) is 73.5 cm³/mol. The summed E-state index contributed by atoms with van der Waals surface area (Å²) in [6, 6.07) is 1.44. The lowest BCUT2D eigenvalue weighted by Crippen LogP contribution is -2.47. The molecule has 1 amide bonds. The van der Waals surface area contributed by atoms with E-state index in [1.807, 2.05) is 14.1 Å². The Morgan fingerprint density at radius 1 is 1.28 bits per heavy atom. The van der Waals surface area contributed by atoms with Crippen LogP contribution in [0.25, 0.3) is 0 Å². The van der Waals surface area contributed by atoms with Gasteiger partial charge in [-0.15, -0.1) is 0 Å². The van der Waals surface area contributed by atoms with E-state index in [-0.39, 0.29) is 5.91 Å². The maximum Gasteiger partial charge on any atom is 0.223 e. The number of hydrogen-bond acceptors (Lipinski definition) is 3. The fourth-order valence-corrected chi connectivity index (χ4v) is 2.64. The Kier molecular flexibility index (Phi) is 5.01. The summed E-state index contributed by atoms with van der Waals surface area (Å²) in [4.78, 5) is 15.9. The predicted octanol–water partition coefficient (Wildman–Crippen LogP) is 1.07. The highest BCUT2D eigenvalue weighted by atomic mass is 16.2. The first-order valence-corrected chi connectivity index (χ1v) is 7.34. The van der Waals surface area contributed by atoms with Gasteiger partial charge in [0.1, 0.15) is 0 Å². The van der Waals surface area contributed by atoms with Crippen LogP contribution in [0.3, 0.4) is 0 Å². The normalized spacial score (nSPS) is 25.1. The molecule has 2 rings (SSSR count). The molecule has 2 fully saturated rings. The third-order valence-corrected chi connectivity index (χ3v) is 4.08. The van der Waals surface area contributed by atoms with Crippen molar-refractivity contribution in [1.82, 2.24) is 15.1 Å². The minimum Gasteiger partial charge on any atom is -0.349 e. The number of nitrogens with zero attached hydrogens (tertiary/aromatic N) is 2. The lowest BCUT2D eigenvalue weighted by atomic mass is 10.0. The number of carbonyl (C=O) groups is 1. The van der Waals surface area contributed by atoms with Crippen LogP contribution in [0.4, 0.5) is 0 Å². The second-order valence-corrected chi connectivity index (χ2v) is 5.91. The molecule has 1 saturated carbocycles. The van der Waals surface area contributed by atoms with Crippen LogP contribution in [-0.4, -0.2) is 61.5 Å². The van der Waals surface area contributed by atoms with Gasteiger partial charge in [0.25, 0.3) is 0 Å². The van der Waals surface area contributed by atoms with Crippen LogP contribution in [0.15, 0.2) is 0 Å². The van der Waals surface area contributed by atoms with Gasteiger partial charge in [0, 0.05) is 45.7 Å². The van der Waals surface area contributed by atoms with Crippen LogP contribution in [0.5, 0.6) is 0 Å². The molecule has 0 aromatic heterocycles. The summed E-state index contributed by atoms with van der Waals surface area (Å²) in [5.41, 5.74) is 0. The molecule has 1 atom stereocenters. The van der Waals surface area contributed by atoms with Crippen molar-refractivity contribution in [3.05, 3.63) is 0 Å². The van der Waals surface area contributed by atoms with E-state index >= 15 is 0 Å². The average Bonchev–Trinajstić information content (AvgIpc) is 3.18. The Morgan fingerprint density at radius 3 is 2.72 bits per heavy atom. The van der Waals surface area contributed by atoms with Crippen LogP contribution in [0.1, 0.15) is 38.5 Å². The van der Waals surface area contributed by atoms with Gasteiger partial charge in [-0.3, -0.25) is 9.69 Å². The van der Waals surface area contributed by atoms with E-state index in [1.54, 1.807) is 4.90 Å². The Morgan fingerprint density at radius 2 is 2.06 bits per heavy atom. The summed E-state index contributed by atoms with van der Waals surface area (Å²) < 4.78 is 0. The molecule has 104 valence electrons. The summed E-state index contributed by atoms with van der Waals surface area (Å²) in [5.74, 6) is 0.245. The maximum atomic E-state index is 11.7. The number of hydrogen-bond donors (Lipinski definition) is 1. The Hall–Kier alpha value is -0.610. The molecular weight excluding hydrogens is 226 g/mol. The number of carbonyl (C=O) groups excluding carboxylic acids is 1. The molecule has 2 aliphatic rings. The highest BCUT2D eigenvalue weighted by Gasteiger charge is 2.26. The summed E-state index contributed by atoms with van der Waals surface area (Å²) in [5, 5.41) is 3.63. The monoisotopic (exact) mass is 253 g/mol. The standard InChI is InChI=1S/C14H27N3O/c1-16(2)14(18)8-10-17-9-4-3-5-13(17)11-15-12-6-7-12/h12-13,15H,3-11H2,1-2H3.